The normalized spacial score (nSPS) is 11.7. The fourth-order valence-electron chi connectivity index (χ4n) is 3.53. The van der Waals surface area contributed by atoms with E-state index in [0.717, 1.165) is 24.3 Å². The van der Waals surface area contributed by atoms with Crippen LogP contribution in [0, 0.1) is 5.82 Å². The summed E-state index contributed by atoms with van der Waals surface area (Å²) in [5.41, 5.74) is -1.49. The van der Waals surface area contributed by atoms with Gasteiger partial charge in [0.25, 0.3) is 0 Å². The summed E-state index contributed by atoms with van der Waals surface area (Å²) in [6.07, 6.45) is -3.32. The molecule has 0 amide bonds. The summed E-state index contributed by atoms with van der Waals surface area (Å²) >= 11 is 5.99. The molecule has 0 unspecified atom stereocenters. The lowest BCUT2D eigenvalue weighted by molar-refractivity contribution is -0.137. The van der Waals surface area contributed by atoms with Gasteiger partial charge in [0.05, 0.1) is 32.9 Å². The third kappa shape index (κ3) is 3.62. The minimum atomic E-state index is -4.80. The predicted molar refractivity (Wildman–Crippen MR) is 110 cm³/mol. The van der Waals surface area contributed by atoms with Crippen molar-refractivity contribution < 1.29 is 32.3 Å². The molecule has 0 saturated heterocycles. The quantitative estimate of drug-likeness (QED) is 0.285. The Bertz CT molecular complexity index is 1390. The Morgan fingerprint density at radius 1 is 0.969 bits per heavy atom. The van der Waals surface area contributed by atoms with E-state index in [1.165, 1.54) is 28.8 Å². The fourth-order valence-corrected chi connectivity index (χ4v) is 3.79. The lowest BCUT2D eigenvalue weighted by atomic mass is 9.99. The SMILES string of the molecule is O=C(O)c1ccc(-c2cc(C(=O)c3c(Cl)cccc3C(F)(F)F)n3ccccc23)cc1F. The molecule has 0 fully saturated rings. The first-order valence-corrected chi connectivity index (χ1v) is 9.51. The molecule has 0 atom stereocenters. The van der Waals surface area contributed by atoms with Gasteiger partial charge in [-0.1, -0.05) is 29.8 Å². The number of carbonyl (C=O) groups excluding carboxylic acids is 1. The average molecular weight is 462 g/mol. The number of halogens is 5. The third-order valence-corrected chi connectivity index (χ3v) is 5.28. The van der Waals surface area contributed by atoms with Crippen LogP contribution in [0.15, 0.2) is 66.9 Å². The zero-order valence-electron chi connectivity index (χ0n) is 16.0. The summed E-state index contributed by atoms with van der Waals surface area (Å²) in [5, 5.41) is 8.67. The van der Waals surface area contributed by atoms with Gasteiger partial charge in [-0.2, -0.15) is 13.2 Å². The number of aromatic carboxylic acids is 1. The second kappa shape index (κ2) is 7.80. The van der Waals surface area contributed by atoms with Crippen molar-refractivity contribution in [3.63, 3.8) is 0 Å². The Balaban J connectivity index is 1.94. The Hall–Kier alpha value is -3.65. The standard InChI is InChI=1S/C23H12ClF4NO3/c24-16-5-3-4-15(23(26,27)28)20(16)21(30)19-11-14(18-6-1-2-9-29(18)19)12-7-8-13(22(31)32)17(25)10-12/h1-11H,(H,31,32). The van der Waals surface area contributed by atoms with Crippen molar-refractivity contribution in [1.82, 2.24) is 4.40 Å². The lowest BCUT2D eigenvalue weighted by Crippen LogP contribution is -2.15. The van der Waals surface area contributed by atoms with E-state index in [1.54, 1.807) is 18.2 Å². The van der Waals surface area contributed by atoms with Gasteiger partial charge in [0.15, 0.2) is 0 Å². The number of benzene rings is 2. The molecule has 0 aliphatic carbocycles. The number of alkyl halides is 3. The minimum Gasteiger partial charge on any atom is -0.478 e. The van der Waals surface area contributed by atoms with Crippen LogP contribution in [0.1, 0.15) is 32.0 Å². The summed E-state index contributed by atoms with van der Waals surface area (Å²) in [7, 11) is 0. The highest BCUT2D eigenvalue weighted by molar-refractivity contribution is 6.35. The Labute approximate surface area is 183 Å². The monoisotopic (exact) mass is 461 g/mol. The Morgan fingerprint density at radius 3 is 2.38 bits per heavy atom. The van der Waals surface area contributed by atoms with E-state index in [1.807, 2.05) is 0 Å². The topological polar surface area (TPSA) is 58.8 Å². The van der Waals surface area contributed by atoms with Crippen LogP contribution in [0.2, 0.25) is 5.02 Å². The maximum atomic E-state index is 14.3. The number of carboxylic acid groups (broad SMARTS) is 1. The van der Waals surface area contributed by atoms with Crippen molar-refractivity contribution in [1.29, 1.82) is 0 Å². The number of aromatic nitrogens is 1. The van der Waals surface area contributed by atoms with E-state index >= 15 is 0 Å². The minimum absolute atomic E-state index is 0.114. The van der Waals surface area contributed by atoms with E-state index in [4.69, 9.17) is 16.7 Å². The summed E-state index contributed by atoms with van der Waals surface area (Å²) < 4.78 is 56.2. The van der Waals surface area contributed by atoms with E-state index in [-0.39, 0.29) is 16.3 Å². The first kappa shape index (κ1) is 21.6. The molecular formula is C23H12ClF4NO3. The molecule has 0 aliphatic rings. The molecule has 0 radical (unpaired) electrons. The number of rotatable bonds is 4. The molecular weight excluding hydrogens is 450 g/mol. The molecule has 4 nitrogen and oxygen atoms in total. The number of hydrogen-bond donors (Lipinski definition) is 1. The zero-order chi connectivity index (χ0) is 23.2. The molecule has 4 aromatic rings. The first-order chi connectivity index (χ1) is 15.1. The maximum absolute atomic E-state index is 14.3. The summed E-state index contributed by atoms with van der Waals surface area (Å²) in [4.78, 5) is 24.3. The molecule has 0 saturated carbocycles. The van der Waals surface area contributed by atoms with Gasteiger partial charge in [-0.05, 0) is 48.0 Å². The molecule has 162 valence electrons. The molecule has 0 bridgehead atoms. The number of hydrogen-bond acceptors (Lipinski definition) is 2. The number of ketones is 1. The highest BCUT2D eigenvalue weighted by Crippen LogP contribution is 2.37. The Morgan fingerprint density at radius 2 is 1.72 bits per heavy atom. The van der Waals surface area contributed by atoms with Crippen LogP contribution in [0.5, 0.6) is 0 Å². The molecule has 2 aromatic heterocycles. The molecule has 2 aromatic carbocycles. The van der Waals surface area contributed by atoms with Crippen molar-refractivity contribution in [2.75, 3.05) is 0 Å². The predicted octanol–water partition coefficient (Wildman–Crippen LogP) is 6.35. The van der Waals surface area contributed by atoms with Crippen LogP contribution in [0.3, 0.4) is 0 Å². The maximum Gasteiger partial charge on any atom is 0.417 e. The van der Waals surface area contributed by atoms with Crippen molar-refractivity contribution in [2.45, 2.75) is 6.18 Å². The second-order valence-electron chi connectivity index (χ2n) is 6.89. The lowest BCUT2D eigenvalue weighted by Gasteiger charge is -2.13. The first-order valence-electron chi connectivity index (χ1n) is 9.13. The summed E-state index contributed by atoms with van der Waals surface area (Å²) in [6.45, 7) is 0. The molecule has 2 heterocycles. The number of carboxylic acids is 1. The Kier molecular flexibility index (Phi) is 5.26. The van der Waals surface area contributed by atoms with Crippen molar-refractivity contribution in [2.24, 2.45) is 0 Å². The van der Waals surface area contributed by atoms with Crippen molar-refractivity contribution >= 4 is 28.9 Å². The van der Waals surface area contributed by atoms with Gasteiger partial charge < -0.3 is 9.51 Å². The van der Waals surface area contributed by atoms with Gasteiger partial charge in [0, 0.05) is 11.8 Å². The molecule has 0 spiro atoms. The number of nitrogens with zero attached hydrogens (tertiary/aromatic N) is 1. The zero-order valence-corrected chi connectivity index (χ0v) is 16.7. The summed E-state index contributed by atoms with van der Waals surface area (Å²) in [6, 6.07) is 12.7. The third-order valence-electron chi connectivity index (χ3n) is 4.97. The molecule has 32 heavy (non-hydrogen) atoms. The van der Waals surface area contributed by atoms with E-state index < -0.39 is 40.4 Å². The van der Waals surface area contributed by atoms with Crippen molar-refractivity contribution in [3.8, 4) is 11.1 Å². The number of pyridine rings is 1. The van der Waals surface area contributed by atoms with Crippen molar-refractivity contribution in [3.05, 3.63) is 100 Å². The summed E-state index contributed by atoms with van der Waals surface area (Å²) in [5.74, 6) is -3.38. The second-order valence-corrected chi connectivity index (χ2v) is 7.30. The van der Waals surface area contributed by atoms with Crippen LogP contribution in [-0.2, 0) is 6.18 Å². The van der Waals surface area contributed by atoms with Gasteiger partial charge >= 0.3 is 12.1 Å². The highest BCUT2D eigenvalue weighted by atomic mass is 35.5. The van der Waals surface area contributed by atoms with Gasteiger partial charge in [-0.3, -0.25) is 4.79 Å². The molecule has 9 heteroatoms. The van der Waals surface area contributed by atoms with E-state index in [0.29, 0.717) is 11.1 Å². The van der Waals surface area contributed by atoms with Gasteiger partial charge in [0.1, 0.15) is 5.82 Å². The fraction of sp³-hybridized carbons (Fsp3) is 0.0435. The van der Waals surface area contributed by atoms with Crippen LogP contribution in [0.25, 0.3) is 16.6 Å². The average Bonchev–Trinajstić information content (AvgIpc) is 3.12. The van der Waals surface area contributed by atoms with Crippen LogP contribution in [0.4, 0.5) is 17.6 Å². The van der Waals surface area contributed by atoms with Gasteiger partial charge in [-0.15, -0.1) is 0 Å². The van der Waals surface area contributed by atoms with Crippen LogP contribution >= 0.6 is 11.6 Å². The molecule has 1 N–H and O–H groups in total. The van der Waals surface area contributed by atoms with Crippen LogP contribution < -0.4 is 0 Å². The smallest absolute Gasteiger partial charge is 0.417 e. The van der Waals surface area contributed by atoms with Crippen LogP contribution in [-0.4, -0.2) is 21.3 Å². The largest absolute Gasteiger partial charge is 0.478 e. The highest BCUT2D eigenvalue weighted by Gasteiger charge is 2.37. The molecule has 4 rings (SSSR count). The number of fused-ring (bicyclic) bond motifs is 1. The van der Waals surface area contributed by atoms with E-state index in [9.17, 15) is 27.2 Å². The molecule has 0 aliphatic heterocycles. The van der Waals surface area contributed by atoms with E-state index in [2.05, 4.69) is 0 Å². The van der Waals surface area contributed by atoms with Gasteiger partial charge in [-0.25, -0.2) is 9.18 Å². The number of carbonyl (C=O) groups is 2. The van der Waals surface area contributed by atoms with Gasteiger partial charge in [0.2, 0.25) is 5.78 Å².